The molecule has 2 heterocycles. The monoisotopic (exact) mass is 283 g/mol. The highest BCUT2D eigenvalue weighted by Gasteiger charge is 2.45. The van der Waals surface area contributed by atoms with Crippen LogP contribution in [0, 0.1) is 16.7 Å². The summed E-state index contributed by atoms with van der Waals surface area (Å²) < 4.78 is 0. The lowest BCUT2D eigenvalue weighted by atomic mass is 9.82. The maximum Gasteiger partial charge on any atom is 0.234 e. The predicted molar refractivity (Wildman–Crippen MR) is 77.4 cm³/mol. The molecule has 0 radical (unpaired) electrons. The van der Waals surface area contributed by atoms with Crippen molar-refractivity contribution in [2.75, 3.05) is 18.0 Å². The van der Waals surface area contributed by atoms with E-state index in [9.17, 15) is 9.59 Å². The van der Waals surface area contributed by atoms with E-state index in [0.29, 0.717) is 18.5 Å². The average Bonchev–Trinajstić information content (AvgIpc) is 2.87. The van der Waals surface area contributed by atoms with Gasteiger partial charge >= 0.3 is 0 Å². The summed E-state index contributed by atoms with van der Waals surface area (Å²) in [6.45, 7) is 1.44. The molecule has 108 valence electrons. The topological polar surface area (TPSA) is 73.2 Å². The molecule has 2 amide bonds. The second kappa shape index (κ2) is 5.21. The highest BCUT2D eigenvalue weighted by Crippen LogP contribution is 2.39. The van der Waals surface area contributed by atoms with Gasteiger partial charge in [-0.3, -0.25) is 14.9 Å². The number of nitrogens with one attached hydrogen (secondary N) is 1. The van der Waals surface area contributed by atoms with Crippen molar-refractivity contribution in [1.29, 1.82) is 5.26 Å². The first kappa shape index (κ1) is 13.6. The quantitative estimate of drug-likeness (QED) is 0.794. The van der Waals surface area contributed by atoms with Gasteiger partial charge in [0.25, 0.3) is 0 Å². The maximum atomic E-state index is 12.3. The molecule has 0 aromatic heterocycles. The summed E-state index contributed by atoms with van der Waals surface area (Å²) in [5, 5.41) is 11.4. The minimum atomic E-state index is -0.444. The number of carbonyl (C=O) groups excluding carboxylic acids is 2. The van der Waals surface area contributed by atoms with Crippen molar-refractivity contribution in [2.24, 2.45) is 5.41 Å². The molecule has 1 aromatic carbocycles. The molecule has 1 atom stereocenters. The molecule has 0 bridgehead atoms. The third-order valence-corrected chi connectivity index (χ3v) is 4.51. The van der Waals surface area contributed by atoms with Gasteiger partial charge in [0.2, 0.25) is 11.8 Å². The number of nitriles is 1. The van der Waals surface area contributed by atoms with E-state index in [2.05, 4.69) is 16.3 Å². The first-order valence-electron chi connectivity index (χ1n) is 7.22. The zero-order chi connectivity index (χ0) is 14.9. The second-order valence-electron chi connectivity index (χ2n) is 5.84. The van der Waals surface area contributed by atoms with Crippen LogP contribution >= 0.6 is 0 Å². The fraction of sp³-hybridized carbons (Fsp3) is 0.438. The summed E-state index contributed by atoms with van der Waals surface area (Å²) in [6.07, 6.45) is 2.73. The molecule has 2 saturated heterocycles. The molecule has 5 heteroatoms. The lowest BCUT2D eigenvalue weighted by molar-refractivity contribution is -0.134. The van der Waals surface area contributed by atoms with Crippen molar-refractivity contribution in [3.05, 3.63) is 29.8 Å². The van der Waals surface area contributed by atoms with Crippen molar-refractivity contribution < 1.29 is 9.59 Å². The van der Waals surface area contributed by atoms with Gasteiger partial charge in [0, 0.05) is 25.2 Å². The van der Waals surface area contributed by atoms with Crippen LogP contribution in [0.1, 0.15) is 31.2 Å². The van der Waals surface area contributed by atoms with Crippen molar-refractivity contribution in [3.8, 4) is 6.07 Å². The van der Waals surface area contributed by atoms with Crippen LogP contribution in [-0.4, -0.2) is 24.9 Å². The van der Waals surface area contributed by atoms with Gasteiger partial charge in [-0.25, -0.2) is 0 Å². The van der Waals surface area contributed by atoms with Gasteiger partial charge in [-0.15, -0.1) is 0 Å². The van der Waals surface area contributed by atoms with Gasteiger partial charge in [0.05, 0.1) is 17.0 Å². The Labute approximate surface area is 123 Å². The number of carbonyl (C=O) groups is 2. The van der Waals surface area contributed by atoms with Crippen LogP contribution in [-0.2, 0) is 9.59 Å². The van der Waals surface area contributed by atoms with Crippen LogP contribution in [0.5, 0.6) is 0 Å². The standard InChI is InChI=1S/C16H17N3O2/c17-10-12-3-5-13(6-4-12)19-9-8-16(11-19)7-1-2-14(20)18-15(16)21/h3-6H,1-2,7-9,11H2,(H,18,20,21). The Bertz CT molecular complexity index is 617. The van der Waals surface area contributed by atoms with Crippen LogP contribution in [0.2, 0.25) is 0 Å². The largest absolute Gasteiger partial charge is 0.370 e. The van der Waals surface area contributed by atoms with Gasteiger partial charge < -0.3 is 4.90 Å². The molecular weight excluding hydrogens is 266 g/mol. The van der Waals surface area contributed by atoms with Crippen LogP contribution in [0.4, 0.5) is 5.69 Å². The number of hydrogen-bond donors (Lipinski definition) is 1. The molecule has 1 spiro atoms. The number of rotatable bonds is 1. The van der Waals surface area contributed by atoms with Crippen molar-refractivity contribution in [1.82, 2.24) is 5.32 Å². The van der Waals surface area contributed by atoms with Crippen LogP contribution in [0.15, 0.2) is 24.3 Å². The fourth-order valence-electron chi connectivity index (χ4n) is 3.25. The number of benzene rings is 1. The summed E-state index contributed by atoms with van der Waals surface area (Å²) in [5.41, 5.74) is 1.21. The maximum absolute atomic E-state index is 12.3. The highest BCUT2D eigenvalue weighted by atomic mass is 16.2. The Morgan fingerprint density at radius 2 is 1.95 bits per heavy atom. The van der Waals surface area contributed by atoms with Crippen LogP contribution in [0.3, 0.4) is 0 Å². The number of imide groups is 1. The van der Waals surface area contributed by atoms with Crippen LogP contribution in [0.25, 0.3) is 0 Å². The molecule has 3 rings (SSSR count). The van der Waals surface area contributed by atoms with Gasteiger partial charge in [-0.1, -0.05) is 0 Å². The first-order chi connectivity index (χ1) is 10.1. The van der Waals surface area contributed by atoms with E-state index in [0.717, 1.165) is 31.5 Å². The Kier molecular flexibility index (Phi) is 3.38. The number of anilines is 1. The third-order valence-electron chi connectivity index (χ3n) is 4.51. The molecule has 21 heavy (non-hydrogen) atoms. The summed E-state index contributed by atoms with van der Waals surface area (Å²) in [5.74, 6) is -0.283. The van der Waals surface area contributed by atoms with E-state index in [1.54, 1.807) is 12.1 Å². The predicted octanol–water partition coefficient (Wildman–Crippen LogP) is 1.58. The third kappa shape index (κ3) is 2.49. The number of amides is 2. The van der Waals surface area contributed by atoms with Crippen LogP contribution < -0.4 is 10.2 Å². The molecule has 2 aliphatic heterocycles. The summed E-state index contributed by atoms with van der Waals surface area (Å²) in [7, 11) is 0. The van der Waals surface area contributed by atoms with Gasteiger partial charge in [0.15, 0.2) is 0 Å². The van der Waals surface area contributed by atoms with Crippen molar-refractivity contribution >= 4 is 17.5 Å². The summed E-state index contributed by atoms with van der Waals surface area (Å²) >= 11 is 0. The SMILES string of the molecule is N#Cc1ccc(N2CCC3(CCCC(=O)NC3=O)C2)cc1. The van der Waals surface area contributed by atoms with E-state index < -0.39 is 5.41 Å². The molecular formula is C16H17N3O2. The number of nitrogens with zero attached hydrogens (tertiary/aromatic N) is 2. The number of hydrogen-bond acceptors (Lipinski definition) is 4. The van der Waals surface area contributed by atoms with Gasteiger partial charge in [0.1, 0.15) is 0 Å². The minimum absolute atomic E-state index is 0.124. The average molecular weight is 283 g/mol. The zero-order valence-corrected chi connectivity index (χ0v) is 11.8. The van der Waals surface area contributed by atoms with E-state index >= 15 is 0 Å². The summed E-state index contributed by atoms with van der Waals surface area (Å²) in [4.78, 5) is 26.0. The van der Waals surface area contributed by atoms with E-state index in [1.807, 2.05) is 12.1 Å². The van der Waals surface area contributed by atoms with Gasteiger partial charge in [-0.2, -0.15) is 5.26 Å². The highest BCUT2D eigenvalue weighted by molar-refractivity contribution is 5.99. The fourth-order valence-corrected chi connectivity index (χ4v) is 3.25. The molecule has 2 aliphatic rings. The van der Waals surface area contributed by atoms with E-state index in [1.165, 1.54) is 0 Å². The van der Waals surface area contributed by atoms with E-state index in [-0.39, 0.29) is 11.8 Å². The minimum Gasteiger partial charge on any atom is -0.370 e. The second-order valence-corrected chi connectivity index (χ2v) is 5.84. The molecule has 2 fully saturated rings. The Hall–Kier alpha value is -2.35. The Balaban J connectivity index is 1.79. The van der Waals surface area contributed by atoms with Crippen molar-refractivity contribution in [2.45, 2.75) is 25.7 Å². The molecule has 0 aliphatic carbocycles. The van der Waals surface area contributed by atoms with Crippen molar-refractivity contribution in [3.63, 3.8) is 0 Å². The van der Waals surface area contributed by atoms with Gasteiger partial charge in [-0.05, 0) is 43.5 Å². The normalized spacial score (nSPS) is 25.6. The van der Waals surface area contributed by atoms with E-state index in [4.69, 9.17) is 5.26 Å². The molecule has 1 N–H and O–H groups in total. The zero-order valence-electron chi connectivity index (χ0n) is 11.8. The molecule has 5 nitrogen and oxygen atoms in total. The molecule has 0 saturated carbocycles. The summed E-state index contributed by atoms with van der Waals surface area (Å²) in [6, 6.07) is 9.51. The molecule has 1 aromatic rings. The smallest absolute Gasteiger partial charge is 0.234 e. The first-order valence-corrected chi connectivity index (χ1v) is 7.22. The lowest BCUT2D eigenvalue weighted by Gasteiger charge is -2.26. The molecule has 1 unspecified atom stereocenters. The Morgan fingerprint density at radius 1 is 1.19 bits per heavy atom. The Morgan fingerprint density at radius 3 is 2.67 bits per heavy atom. The lowest BCUT2D eigenvalue weighted by Crippen LogP contribution is -2.43.